The zero-order valence-electron chi connectivity index (χ0n) is 13.4. The average Bonchev–Trinajstić information content (AvgIpc) is 2.51. The molecular weight excluding hydrogens is 354 g/mol. The molecule has 0 saturated carbocycles. The quantitative estimate of drug-likeness (QED) is 0.658. The first kappa shape index (κ1) is 19.8. The standard InChI is InChI=1S/C16H18F6O3/c1-2-3-9-7-23-14(24-8-9)16(21,22)6-10-4-11(17)13(12(18)5-10)25-15(19)20/h4-5,9,14-15H,2-3,6-8H2,1H3. The molecule has 1 aromatic rings. The molecular formula is C16H18F6O3. The second-order valence-corrected chi connectivity index (χ2v) is 5.86. The smallest absolute Gasteiger partial charge is 0.387 e. The molecule has 2 rings (SSSR count). The number of alkyl halides is 4. The van der Waals surface area contributed by atoms with Crippen molar-refractivity contribution in [2.45, 2.75) is 45.0 Å². The van der Waals surface area contributed by atoms with E-state index in [1.165, 1.54) is 0 Å². The summed E-state index contributed by atoms with van der Waals surface area (Å²) in [7, 11) is 0. The summed E-state index contributed by atoms with van der Waals surface area (Å²) in [5.74, 6) is -7.80. The molecule has 0 spiro atoms. The Bertz CT molecular complexity index is 550. The Kier molecular flexibility index (Phi) is 6.56. The van der Waals surface area contributed by atoms with Crippen LogP contribution in [0.5, 0.6) is 5.75 Å². The van der Waals surface area contributed by atoms with E-state index in [0.29, 0.717) is 12.1 Å². The van der Waals surface area contributed by atoms with Gasteiger partial charge in [-0.05, 0) is 24.1 Å². The molecule has 0 radical (unpaired) electrons. The van der Waals surface area contributed by atoms with E-state index in [2.05, 4.69) is 4.74 Å². The molecule has 1 saturated heterocycles. The Balaban J connectivity index is 2.05. The normalized spacial score (nSPS) is 21.6. The third-order valence-electron chi connectivity index (χ3n) is 3.71. The maximum absolute atomic E-state index is 14.2. The Morgan fingerprint density at radius 2 is 1.72 bits per heavy atom. The van der Waals surface area contributed by atoms with Gasteiger partial charge in [-0.15, -0.1) is 0 Å². The summed E-state index contributed by atoms with van der Waals surface area (Å²) in [6.45, 7) is -1.27. The number of halogens is 6. The van der Waals surface area contributed by atoms with E-state index in [-0.39, 0.29) is 19.1 Å². The Hall–Kier alpha value is -1.48. The van der Waals surface area contributed by atoms with Crippen LogP contribution in [0.3, 0.4) is 0 Å². The number of benzene rings is 1. The highest BCUT2D eigenvalue weighted by atomic mass is 19.3. The minimum Gasteiger partial charge on any atom is -0.429 e. The van der Waals surface area contributed by atoms with Crippen LogP contribution in [-0.4, -0.2) is 32.0 Å². The first-order valence-corrected chi connectivity index (χ1v) is 7.76. The van der Waals surface area contributed by atoms with E-state index < -0.39 is 48.2 Å². The predicted molar refractivity (Wildman–Crippen MR) is 75.7 cm³/mol. The van der Waals surface area contributed by atoms with Crippen LogP contribution in [0.25, 0.3) is 0 Å². The highest BCUT2D eigenvalue weighted by molar-refractivity contribution is 5.32. The van der Waals surface area contributed by atoms with E-state index >= 15 is 0 Å². The summed E-state index contributed by atoms with van der Waals surface area (Å²) in [5.41, 5.74) is -0.426. The lowest BCUT2D eigenvalue weighted by molar-refractivity contribution is -0.290. The van der Waals surface area contributed by atoms with Crippen molar-refractivity contribution in [3.8, 4) is 5.75 Å². The van der Waals surface area contributed by atoms with Gasteiger partial charge in [-0.25, -0.2) is 17.6 Å². The Morgan fingerprint density at radius 3 is 2.20 bits per heavy atom. The highest BCUT2D eigenvalue weighted by Crippen LogP contribution is 2.33. The van der Waals surface area contributed by atoms with E-state index in [1.54, 1.807) is 0 Å². The van der Waals surface area contributed by atoms with Gasteiger partial charge in [-0.1, -0.05) is 13.3 Å². The van der Waals surface area contributed by atoms with Crippen LogP contribution >= 0.6 is 0 Å². The summed E-state index contributed by atoms with van der Waals surface area (Å²) in [5, 5.41) is 0. The lowest BCUT2D eigenvalue weighted by Gasteiger charge is -2.34. The number of hydrogen-bond acceptors (Lipinski definition) is 3. The van der Waals surface area contributed by atoms with Gasteiger partial charge >= 0.3 is 12.5 Å². The van der Waals surface area contributed by atoms with Crippen molar-refractivity contribution >= 4 is 0 Å². The van der Waals surface area contributed by atoms with Gasteiger partial charge in [0.05, 0.1) is 13.2 Å². The minimum atomic E-state index is -3.54. The van der Waals surface area contributed by atoms with E-state index in [4.69, 9.17) is 9.47 Å². The maximum atomic E-state index is 14.2. The molecule has 0 N–H and O–H groups in total. The summed E-state index contributed by atoms with van der Waals surface area (Å²) >= 11 is 0. The summed E-state index contributed by atoms with van der Waals surface area (Å²) in [6, 6.07) is 1.05. The van der Waals surface area contributed by atoms with Crippen molar-refractivity contribution in [3.05, 3.63) is 29.3 Å². The first-order valence-electron chi connectivity index (χ1n) is 7.76. The van der Waals surface area contributed by atoms with Crippen molar-refractivity contribution in [3.63, 3.8) is 0 Å². The number of ether oxygens (including phenoxy) is 3. The summed E-state index contributed by atoms with van der Waals surface area (Å²) < 4.78 is 93.6. The fourth-order valence-corrected chi connectivity index (χ4v) is 2.63. The SMILES string of the molecule is CCCC1COC(C(F)(F)Cc2cc(F)c(OC(F)F)c(F)c2)OC1. The molecule has 1 aliphatic rings. The fourth-order valence-electron chi connectivity index (χ4n) is 2.63. The first-order chi connectivity index (χ1) is 11.7. The molecule has 3 nitrogen and oxygen atoms in total. The third kappa shape index (κ3) is 5.24. The van der Waals surface area contributed by atoms with Gasteiger partial charge in [0.1, 0.15) is 0 Å². The van der Waals surface area contributed by atoms with Crippen molar-refractivity contribution in [2.75, 3.05) is 13.2 Å². The molecule has 1 aliphatic heterocycles. The molecule has 0 bridgehead atoms. The molecule has 0 atom stereocenters. The monoisotopic (exact) mass is 372 g/mol. The predicted octanol–water partition coefficient (Wildman–Crippen LogP) is 4.53. The van der Waals surface area contributed by atoms with Crippen LogP contribution in [0.2, 0.25) is 0 Å². The van der Waals surface area contributed by atoms with Crippen molar-refractivity contribution in [1.82, 2.24) is 0 Å². The largest absolute Gasteiger partial charge is 0.429 e. The van der Waals surface area contributed by atoms with Gasteiger partial charge in [0, 0.05) is 12.3 Å². The molecule has 0 aromatic heterocycles. The molecule has 0 aliphatic carbocycles. The Labute approximate surface area is 140 Å². The van der Waals surface area contributed by atoms with Crippen LogP contribution in [0.1, 0.15) is 25.3 Å². The molecule has 25 heavy (non-hydrogen) atoms. The van der Waals surface area contributed by atoms with Gasteiger partial charge in [0.2, 0.25) is 6.29 Å². The van der Waals surface area contributed by atoms with Gasteiger partial charge in [-0.2, -0.15) is 8.78 Å². The van der Waals surface area contributed by atoms with Crippen LogP contribution in [0.15, 0.2) is 12.1 Å². The number of hydrogen-bond donors (Lipinski definition) is 0. The molecule has 1 fully saturated rings. The zero-order chi connectivity index (χ0) is 18.6. The fraction of sp³-hybridized carbons (Fsp3) is 0.625. The van der Waals surface area contributed by atoms with Crippen molar-refractivity contribution in [2.24, 2.45) is 5.92 Å². The lowest BCUT2D eigenvalue weighted by atomic mass is 10.0. The van der Waals surface area contributed by atoms with Crippen LogP contribution in [0, 0.1) is 17.6 Å². The third-order valence-corrected chi connectivity index (χ3v) is 3.71. The molecule has 0 unspecified atom stereocenters. The molecule has 142 valence electrons. The molecule has 1 heterocycles. The van der Waals surface area contributed by atoms with E-state index in [0.717, 1.165) is 12.8 Å². The molecule has 1 aromatic carbocycles. The van der Waals surface area contributed by atoms with Crippen LogP contribution in [-0.2, 0) is 15.9 Å². The second-order valence-electron chi connectivity index (χ2n) is 5.86. The summed E-state index contributed by atoms with van der Waals surface area (Å²) in [6.07, 6.45) is -1.26. The van der Waals surface area contributed by atoms with Crippen LogP contribution < -0.4 is 4.74 Å². The summed E-state index contributed by atoms with van der Waals surface area (Å²) in [4.78, 5) is 0. The lowest BCUT2D eigenvalue weighted by Crippen LogP contribution is -2.45. The second kappa shape index (κ2) is 8.27. The zero-order valence-corrected chi connectivity index (χ0v) is 13.4. The van der Waals surface area contributed by atoms with E-state index in [9.17, 15) is 26.3 Å². The van der Waals surface area contributed by atoms with Gasteiger partial charge in [-0.3, -0.25) is 0 Å². The molecule has 0 amide bonds. The van der Waals surface area contributed by atoms with E-state index in [1.807, 2.05) is 6.92 Å². The van der Waals surface area contributed by atoms with Gasteiger partial charge < -0.3 is 14.2 Å². The highest BCUT2D eigenvalue weighted by Gasteiger charge is 2.44. The minimum absolute atomic E-state index is 0.0257. The van der Waals surface area contributed by atoms with Gasteiger partial charge in [0.15, 0.2) is 17.4 Å². The van der Waals surface area contributed by atoms with Crippen molar-refractivity contribution < 1.29 is 40.6 Å². The topological polar surface area (TPSA) is 27.7 Å². The van der Waals surface area contributed by atoms with Crippen LogP contribution in [0.4, 0.5) is 26.3 Å². The maximum Gasteiger partial charge on any atom is 0.387 e. The average molecular weight is 372 g/mol. The molecule has 9 heteroatoms. The number of rotatable bonds is 7. The van der Waals surface area contributed by atoms with Crippen molar-refractivity contribution in [1.29, 1.82) is 0 Å². The van der Waals surface area contributed by atoms with Gasteiger partial charge in [0.25, 0.3) is 0 Å². The Morgan fingerprint density at radius 1 is 1.16 bits per heavy atom.